The zero-order valence-corrected chi connectivity index (χ0v) is 11.4. The van der Waals surface area contributed by atoms with Crippen LogP contribution in [0.4, 0.5) is 0 Å². The second kappa shape index (κ2) is 7.05. The highest BCUT2D eigenvalue weighted by atomic mass is 16.5. The van der Waals surface area contributed by atoms with Gasteiger partial charge in [-0.25, -0.2) is 4.79 Å². The summed E-state index contributed by atoms with van der Waals surface area (Å²) in [6, 6.07) is 6.67. The van der Waals surface area contributed by atoms with E-state index in [0.29, 0.717) is 26.0 Å². The second-order valence-electron chi connectivity index (χ2n) is 4.85. The van der Waals surface area contributed by atoms with Crippen molar-refractivity contribution in [1.29, 1.82) is 0 Å². The van der Waals surface area contributed by atoms with Crippen LogP contribution in [0.25, 0.3) is 0 Å². The van der Waals surface area contributed by atoms with Gasteiger partial charge in [-0.2, -0.15) is 0 Å². The summed E-state index contributed by atoms with van der Waals surface area (Å²) in [5, 5.41) is 8.82. The van der Waals surface area contributed by atoms with Gasteiger partial charge in [0.05, 0.1) is 12.2 Å². The fraction of sp³-hybridized carbons (Fsp3) is 0.467. The molecule has 0 atom stereocenters. The third-order valence-corrected chi connectivity index (χ3v) is 3.40. The van der Waals surface area contributed by atoms with E-state index in [2.05, 4.69) is 0 Å². The lowest BCUT2D eigenvalue weighted by atomic mass is 10.1. The highest BCUT2D eigenvalue weighted by Gasteiger charge is 2.15. The van der Waals surface area contributed by atoms with E-state index in [9.17, 15) is 9.59 Å². The molecule has 2 rings (SSSR count). The van der Waals surface area contributed by atoms with Gasteiger partial charge in [0.25, 0.3) is 0 Å². The number of carbonyl (C=O) groups excluding carboxylic acids is 1. The Hall–Kier alpha value is -1.88. The Morgan fingerprint density at radius 2 is 1.90 bits per heavy atom. The Balaban J connectivity index is 1.84. The first-order chi connectivity index (χ1) is 9.66. The lowest BCUT2D eigenvalue weighted by Gasteiger charge is -2.19. The number of carbonyl (C=O) groups is 2. The van der Waals surface area contributed by atoms with Gasteiger partial charge < -0.3 is 14.7 Å². The number of hydrogen-bond donors (Lipinski definition) is 1. The molecule has 1 heterocycles. The van der Waals surface area contributed by atoms with Crippen molar-refractivity contribution in [2.75, 3.05) is 26.3 Å². The first-order valence-electron chi connectivity index (χ1n) is 6.84. The number of nitrogens with zero attached hydrogens (tertiary/aromatic N) is 1. The minimum Gasteiger partial charge on any atom is -0.478 e. The zero-order valence-electron chi connectivity index (χ0n) is 11.4. The van der Waals surface area contributed by atoms with E-state index in [1.54, 1.807) is 24.3 Å². The summed E-state index contributed by atoms with van der Waals surface area (Å²) < 4.78 is 5.32. The maximum Gasteiger partial charge on any atom is 0.335 e. The monoisotopic (exact) mass is 277 g/mol. The third kappa shape index (κ3) is 4.06. The van der Waals surface area contributed by atoms with Crippen molar-refractivity contribution in [3.63, 3.8) is 0 Å². The number of ether oxygens (including phenoxy) is 1. The molecule has 1 fully saturated rings. The van der Waals surface area contributed by atoms with Gasteiger partial charge in [-0.05, 0) is 30.5 Å². The van der Waals surface area contributed by atoms with Crippen LogP contribution in [0.5, 0.6) is 0 Å². The van der Waals surface area contributed by atoms with Crippen LogP contribution in [-0.4, -0.2) is 48.2 Å². The van der Waals surface area contributed by atoms with E-state index >= 15 is 0 Å². The Bertz CT molecular complexity index is 461. The van der Waals surface area contributed by atoms with Gasteiger partial charge in [0.15, 0.2) is 0 Å². The van der Waals surface area contributed by atoms with Gasteiger partial charge in [0.2, 0.25) is 5.91 Å². The van der Waals surface area contributed by atoms with Crippen LogP contribution in [0, 0.1) is 0 Å². The predicted molar refractivity (Wildman–Crippen MR) is 73.7 cm³/mol. The largest absolute Gasteiger partial charge is 0.478 e. The molecule has 20 heavy (non-hydrogen) atoms. The number of rotatable bonds is 4. The van der Waals surface area contributed by atoms with E-state index < -0.39 is 5.97 Å². The average Bonchev–Trinajstić information content (AvgIpc) is 2.74. The molecule has 0 aromatic heterocycles. The van der Waals surface area contributed by atoms with Gasteiger partial charge >= 0.3 is 5.97 Å². The van der Waals surface area contributed by atoms with Crippen molar-refractivity contribution in [1.82, 2.24) is 4.90 Å². The molecule has 5 heteroatoms. The molecule has 1 aromatic rings. The normalized spacial score (nSPS) is 15.7. The summed E-state index contributed by atoms with van der Waals surface area (Å²) >= 11 is 0. The topological polar surface area (TPSA) is 66.8 Å². The van der Waals surface area contributed by atoms with Crippen LogP contribution in [-0.2, 0) is 16.0 Å². The van der Waals surface area contributed by atoms with Gasteiger partial charge in [-0.1, -0.05) is 12.1 Å². The molecular formula is C15H19NO4. The number of aryl methyl sites for hydroxylation is 1. The van der Waals surface area contributed by atoms with Crippen LogP contribution < -0.4 is 0 Å². The summed E-state index contributed by atoms with van der Waals surface area (Å²) in [7, 11) is 0. The summed E-state index contributed by atoms with van der Waals surface area (Å²) in [5.74, 6) is -0.796. The van der Waals surface area contributed by atoms with E-state index in [1.165, 1.54) is 0 Å². The maximum atomic E-state index is 12.1. The first kappa shape index (κ1) is 14.5. The highest BCUT2D eigenvalue weighted by Crippen LogP contribution is 2.09. The Morgan fingerprint density at radius 3 is 2.60 bits per heavy atom. The molecule has 108 valence electrons. The van der Waals surface area contributed by atoms with Crippen molar-refractivity contribution < 1.29 is 19.4 Å². The Morgan fingerprint density at radius 1 is 1.15 bits per heavy atom. The molecule has 0 spiro atoms. The Kier molecular flexibility index (Phi) is 5.12. The molecule has 1 aromatic carbocycles. The molecule has 1 aliphatic rings. The van der Waals surface area contributed by atoms with Gasteiger partial charge in [-0.15, -0.1) is 0 Å². The quantitative estimate of drug-likeness (QED) is 0.907. The molecule has 1 aliphatic heterocycles. The fourth-order valence-electron chi connectivity index (χ4n) is 2.22. The van der Waals surface area contributed by atoms with Gasteiger partial charge in [-0.3, -0.25) is 4.79 Å². The molecule has 1 N–H and O–H groups in total. The maximum absolute atomic E-state index is 12.1. The standard InChI is InChI=1S/C15H19NO4/c17-14(16-8-1-10-20-11-9-16)7-4-12-2-5-13(6-3-12)15(18)19/h2-3,5-6H,1,4,7-11H2,(H,18,19). The summed E-state index contributed by atoms with van der Waals surface area (Å²) in [4.78, 5) is 24.7. The SMILES string of the molecule is O=C(O)c1ccc(CCC(=O)N2CCCOCC2)cc1. The van der Waals surface area contributed by atoms with Crippen molar-refractivity contribution in [2.24, 2.45) is 0 Å². The number of hydrogen-bond acceptors (Lipinski definition) is 3. The van der Waals surface area contributed by atoms with Crippen molar-refractivity contribution in [2.45, 2.75) is 19.3 Å². The predicted octanol–water partition coefficient (Wildman–Crippen LogP) is 1.57. The van der Waals surface area contributed by atoms with Crippen LogP contribution in [0.1, 0.15) is 28.8 Å². The van der Waals surface area contributed by atoms with Crippen molar-refractivity contribution in [3.8, 4) is 0 Å². The molecule has 0 bridgehead atoms. The van der Waals surface area contributed by atoms with Crippen LogP contribution in [0.15, 0.2) is 24.3 Å². The van der Waals surface area contributed by atoms with Crippen molar-refractivity contribution in [3.05, 3.63) is 35.4 Å². The minimum absolute atomic E-state index is 0.137. The summed E-state index contributed by atoms with van der Waals surface area (Å²) in [5.41, 5.74) is 1.25. The lowest BCUT2D eigenvalue weighted by molar-refractivity contribution is -0.131. The number of benzene rings is 1. The molecule has 0 radical (unpaired) electrons. The first-order valence-corrected chi connectivity index (χ1v) is 6.84. The minimum atomic E-state index is -0.933. The molecular weight excluding hydrogens is 258 g/mol. The summed E-state index contributed by atoms with van der Waals surface area (Å²) in [6.45, 7) is 2.76. The van der Waals surface area contributed by atoms with E-state index in [4.69, 9.17) is 9.84 Å². The third-order valence-electron chi connectivity index (χ3n) is 3.40. The Labute approximate surface area is 118 Å². The smallest absolute Gasteiger partial charge is 0.335 e. The van der Waals surface area contributed by atoms with Crippen LogP contribution in [0.2, 0.25) is 0 Å². The number of aromatic carboxylic acids is 1. The molecule has 0 saturated carbocycles. The van der Waals surface area contributed by atoms with Gasteiger partial charge in [0, 0.05) is 26.1 Å². The van der Waals surface area contributed by atoms with Crippen molar-refractivity contribution >= 4 is 11.9 Å². The summed E-state index contributed by atoms with van der Waals surface area (Å²) in [6.07, 6.45) is 1.97. The average molecular weight is 277 g/mol. The molecule has 1 saturated heterocycles. The molecule has 5 nitrogen and oxygen atoms in total. The fourth-order valence-corrected chi connectivity index (χ4v) is 2.22. The zero-order chi connectivity index (χ0) is 14.4. The lowest BCUT2D eigenvalue weighted by Crippen LogP contribution is -2.33. The number of carboxylic acids is 1. The second-order valence-corrected chi connectivity index (χ2v) is 4.85. The number of carboxylic acid groups (broad SMARTS) is 1. The van der Waals surface area contributed by atoms with Crippen LogP contribution in [0.3, 0.4) is 0 Å². The van der Waals surface area contributed by atoms with Gasteiger partial charge in [0.1, 0.15) is 0 Å². The molecule has 1 amide bonds. The van der Waals surface area contributed by atoms with E-state index in [0.717, 1.165) is 25.1 Å². The van der Waals surface area contributed by atoms with E-state index in [1.807, 2.05) is 4.90 Å². The number of amides is 1. The van der Waals surface area contributed by atoms with Crippen LogP contribution >= 0.6 is 0 Å². The highest BCUT2D eigenvalue weighted by molar-refractivity contribution is 5.87. The molecule has 0 unspecified atom stereocenters. The molecule has 0 aliphatic carbocycles. The van der Waals surface area contributed by atoms with E-state index in [-0.39, 0.29) is 11.5 Å².